The van der Waals surface area contributed by atoms with E-state index < -0.39 is 0 Å². The zero-order chi connectivity index (χ0) is 13.4. The molecule has 0 saturated heterocycles. The molecule has 0 aliphatic rings. The molecule has 0 amide bonds. The van der Waals surface area contributed by atoms with Gasteiger partial charge in [-0.05, 0) is 24.6 Å². The molecule has 3 rings (SSSR count). The van der Waals surface area contributed by atoms with E-state index in [1.807, 2.05) is 35.6 Å². The van der Waals surface area contributed by atoms with Crippen LogP contribution in [0.2, 0.25) is 0 Å². The third-order valence-corrected chi connectivity index (χ3v) is 3.13. The fourth-order valence-electron chi connectivity index (χ4n) is 2.14. The van der Waals surface area contributed by atoms with Gasteiger partial charge in [0.15, 0.2) is 0 Å². The maximum Gasteiger partial charge on any atom is 0.0948 e. The van der Waals surface area contributed by atoms with Crippen molar-refractivity contribution in [1.29, 1.82) is 0 Å². The summed E-state index contributed by atoms with van der Waals surface area (Å²) in [5.41, 5.74) is 5.04. The minimum absolute atomic E-state index is 0.927. The summed E-state index contributed by atoms with van der Waals surface area (Å²) in [7, 11) is 3.94. The maximum absolute atomic E-state index is 4.72. The Hall–Kier alpha value is -2.43. The predicted molar refractivity (Wildman–Crippen MR) is 73.4 cm³/mol. The van der Waals surface area contributed by atoms with Crippen LogP contribution in [0.1, 0.15) is 5.56 Å². The number of aromatic nitrogens is 5. The molecule has 0 atom stereocenters. The molecule has 5 nitrogen and oxygen atoms in total. The van der Waals surface area contributed by atoms with Gasteiger partial charge in [-0.3, -0.25) is 0 Å². The van der Waals surface area contributed by atoms with E-state index in [0.717, 1.165) is 22.8 Å². The molecule has 0 aromatic carbocycles. The highest BCUT2D eigenvalue weighted by atomic mass is 15.0. The molecule has 0 radical (unpaired) electrons. The van der Waals surface area contributed by atoms with Crippen molar-refractivity contribution in [1.82, 2.24) is 24.1 Å². The lowest BCUT2D eigenvalue weighted by Gasteiger charge is -2.07. The van der Waals surface area contributed by atoms with E-state index in [1.54, 1.807) is 12.7 Å². The average molecular weight is 253 g/mol. The van der Waals surface area contributed by atoms with Crippen molar-refractivity contribution in [3.63, 3.8) is 0 Å². The third kappa shape index (κ3) is 2.03. The molecule has 3 aromatic heterocycles. The number of hydrogen-bond acceptors (Lipinski definition) is 3. The summed E-state index contributed by atoms with van der Waals surface area (Å²) < 4.78 is 3.93. The molecule has 0 spiro atoms. The normalized spacial score (nSPS) is 10.9. The molecule has 0 fully saturated rings. The zero-order valence-corrected chi connectivity index (χ0v) is 11.2. The quantitative estimate of drug-likeness (QED) is 0.703. The van der Waals surface area contributed by atoms with Crippen LogP contribution >= 0.6 is 0 Å². The summed E-state index contributed by atoms with van der Waals surface area (Å²) in [4.78, 5) is 13.0. The van der Waals surface area contributed by atoms with Gasteiger partial charge >= 0.3 is 0 Å². The van der Waals surface area contributed by atoms with Crippen LogP contribution in [0.25, 0.3) is 22.8 Å². The molecule has 96 valence electrons. The molecular weight excluding hydrogens is 238 g/mol. The molecule has 3 heterocycles. The Morgan fingerprint density at radius 1 is 0.842 bits per heavy atom. The van der Waals surface area contributed by atoms with E-state index in [2.05, 4.69) is 29.0 Å². The number of imidazole rings is 2. The van der Waals surface area contributed by atoms with Crippen LogP contribution in [0.5, 0.6) is 0 Å². The Bertz CT molecular complexity index is 665. The third-order valence-electron chi connectivity index (χ3n) is 3.13. The highest BCUT2D eigenvalue weighted by Crippen LogP contribution is 2.23. The van der Waals surface area contributed by atoms with E-state index in [1.165, 1.54) is 5.56 Å². The van der Waals surface area contributed by atoms with E-state index in [9.17, 15) is 0 Å². The summed E-state index contributed by atoms with van der Waals surface area (Å²) in [6, 6.07) is 4.13. The minimum atomic E-state index is 0.927. The molecule has 0 N–H and O–H groups in total. The Kier molecular flexibility index (Phi) is 2.67. The highest BCUT2D eigenvalue weighted by molar-refractivity contribution is 5.63. The molecule has 0 bridgehead atoms. The van der Waals surface area contributed by atoms with Crippen LogP contribution in [0.3, 0.4) is 0 Å². The molecule has 5 heteroatoms. The fourth-order valence-corrected chi connectivity index (χ4v) is 2.14. The van der Waals surface area contributed by atoms with Crippen molar-refractivity contribution in [2.24, 2.45) is 14.1 Å². The number of rotatable bonds is 2. The molecule has 3 aromatic rings. The van der Waals surface area contributed by atoms with Crippen LogP contribution in [-0.2, 0) is 14.1 Å². The SMILES string of the molecule is Cc1cc(-c2cncn2C)nc(-c2cncn2C)c1. The second-order valence-electron chi connectivity index (χ2n) is 4.69. The van der Waals surface area contributed by atoms with Gasteiger partial charge in [-0.1, -0.05) is 0 Å². The number of aryl methyl sites for hydroxylation is 3. The zero-order valence-electron chi connectivity index (χ0n) is 11.2. The van der Waals surface area contributed by atoms with Gasteiger partial charge in [-0.2, -0.15) is 0 Å². The van der Waals surface area contributed by atoms with Crippen molar-refractivity contribution >= 4 is 0 Å². The van der Waals surface area contributed by atoms with Gasteiger partial charge in [0, 0.05) is 14.1 Å². The topological polar surface area (TPSA) is 48.5 Å². The van der Waals surface area contributed by atoms with Crippen molar-refractivity contribution < 1.29 is 0 Å². The Morgan fingerprint density at radius 3 is 1.68 bits per heavy atom. The van der Waals surface area contributed by atoms with Crippen molar-refractivity contribution in [2.75, 3.05) is 0 Å². The van der Waals surface area contributed by atoms with Crippen LogP contribution in [0.15, 0.2) is 37.2 Å². The van der Waals surface area contributed by atoms with Crippen LogP contribution in [0, 0.1) is 6.92 Å². The van der Waals surface area contributed by atoms with Crippen molar-refractivity contribution in [3.8, 4) is 22.8 Å². The predicted octanol–water partition coefficient (Wildman–Crippen LogP) is 2.19. The molecular formula is C14H15N5. The maximum atomic E-state index is 4.72. The largest absolute Gasteiger partial charge is 0.332 e. The van der Waals surface area contributed by atoms with Gasteiger partial charge in [0.2, 0.25) is 0 Å². The summed E-state index contributed by atoms with van der Waals surface area (Å²) in [6.45, 7) is 2.07. The number of hydrogen-bond donors (Lipinski definition) is 0. The Morgan fingerprint density at radius 2 is 1.32 bits per heavy atom. The molecule has 0 unspecified atom stereocenters. The molecule has 0 saturated carbocycles. The Labute approximate surface area is 111 Å². The summed E-state index contributed by atoms with van der Waals surface area (Å²) in [5.74, 6) is 0. The lowest BCUT2D eigenvalue weighted by atomic mass is 10.1. The van der Waals surface area contributed by atoms with E-state index in [-0.39, 0.29) is 0 Å². The lowest BCUT2D eigenvalue weighted by Crippen LogP contribution is -1.97. The van der Waals surface area contributed by atoms with Gasteiger partial charge in [-0.15, -0.1) is 0 Å². The number of nitrogens with zero attached hydrogens (tertiary/aromatic N) is 5. The first-order valence-corrected chi connectivity index (χ1v) is 6.07. The summed E-state index contributed by atoms with van der Waals surface area (Å²) in [6.07, 6.45) is 7.22. The molecule has 0 aliphatic heterocycles. The van der Waals surface area contributed by atoms with Crippen molar-refractivity contribution in [3.05, 3.63) is 42.7 Å². The highest BCUT2D eigenvalue weighted by Gasteiger charge is 2.10. The Balaban J connectivity index is 2.17. The first-order valence-electron chi connectivity index (χ1n) is 6.07. The first kappa shape index (κ1) is 11.6. The van der Waals surface area contributed by atoms with E-state index in [0.29, 0.717) is 0 Å². The van der Waals surface area contributed by atoms with Gasteiger partial charge in [-0.25, -0.2) is 15.0 Å². The second-order valence-corrected chi connectivity index (χ2v) is 4.69. The first-order chi connectivity index (χ1) is 9.15. The average Bonchev–Trinajstić information content (AvgIpc) is 2.97. The number of pyridine rings is 1. The van der Waals surface area contributed by atoms with Gasteiger partial charge in [0.25, 0.3) is 0 Å². The van der Waals surface area contributed by atoms with E-state index >= 15 is 0 Å². The summed E-state index contributed by atoms with van der Waals surface area (Å²) in [5, 5.41) is 0. The van der Waals surface area contributed by atoms with E-state index in [4.69, 9.17) is 4.98 Å². The summed E-state index contributed by atoms with van der Waals surface area (Å²) >= 11 is 0. The van der Waals surface area contributed by atoms with Gasteiger partial charge in [0.05, 0.1) is 47.8 Å². The standard InChI is InChI=1S/C14H15N5/c1-10-4-11(13-6-15-8-18(13)2)17-12(5-10)14-7-16-9-19(14)3/h4-9H,1-3H3. The fraction of sp³-hybridized carbons (Fsp3) is 0.214. The minimum Gasteiger partial charge on any atom is -0.332 e. The van der Waals surface area contributed by atoms with Gasteiger partial charge in [0.1, 0.15) is 0 Å². The smallest absolute Gasteiger partial charge is 0.0948 e. The van der Waals surface area contributed by atoms with Crippen molar-refractivity contribution in [2.45, 2.75) is 6.92 Å². The lowest BCUT2D eigenvalue weighted by molar-refractivity contribution is 0.908. The van der Waals surface area contributed by atoms with Gasteiger partial charge < -0.3 is 9.13 Å². The van der Waals surface area contributed by atoms with Crippen LogP contribution in [0.4, 0.5) is 0 Å². The second kappa shape index (κ2) is 4.35. The molecule has 0 aliphatic carbocycles. The molecule has 19 heavy (non-hydrogen) atoms. The van der Waals surface area contributed by atoms with Crippen LogP contribution < -0.4 is 0 Å². The monoisotopic (exact) mass is 253 g/mol. The van der Waals surface area contributed by atoms with Crippen LogP contribution in [-0.4, -0.2) is 24.1 Å².